The Hall–Kier alpha value is -3.09. The summed E-state index contributed by atoms with van der Waals surface area (Å²) in [5, 5.41) is 0. The molecule has 0 radical (unpaired) electrons. The number of aryl methyl sites for hydroxylation is 1. The monoisotopic (exact) mass is 367 g/mol. The highest BCUT2D eigenvalue weighted by atomic mass is 16.5. The number of para-hydroxylation sites is 2. The lowest BCUT2D eigenvalue weighted by molar-refractivity contribution is -0.132. The van der Waals surface area contributed by atoms with Gasteiger partial charge in [-0.15, -0.1) is 0 Å². The maximum Gasteiger partial charge on any atom is 0.419 e. The van der Waals surface area contributed by atoms with Crippen molar-refractivity contribution in [1.82, 2.24) is 14.5 Å². The van der Waals surface area contributed by atoms with Gasteiger partial charge in [0.25, 0.3) is 0 Å². The molecule has 1 amide bonds. The summed E-state index contributed by atoms with van der Waals surface area (Å²) in [6.45, 7) is 3.97. The van der Waals surface area contributed by atoms with Gasteiger partial charge in [-0.3, -0.25) is 9.36 Å². The van der Waals surface area contributed by atoms with Crippen molar-refractivity contribution in [3.05, 3.63) is 58.2 Å². The second-order valence-electron chi connectivity index (χ2n) is 6.49. The number of amides is 1. The first-order chi connectivity index (χ1) is 13.2. The zero-order valence-corrected chi connectivity index (χ0v) is 15.2. The molecule has 4 rings (SSSR count). The summed E-state index contributed by atoms with van der Waals surface area (Å²) in [5.41, 5.74) is 3.29. The molecule has 1 aromatic carbocycles. The Morgan fingerprint density at radius 3 is 2.96 bits per heavy atom. The first-order valence-electron chi connectivity index (χ1n) is 9.13. The highest BCUT2D eigenvalue weighted by Crippen LogP contribution is 2.21. The van der Waals surface area contributed by atoms with Crippen LogP contribution >= 0.6 is 0 Å². The molecule has 7 nitrogen and oxygen atoms in total. The average molecular weight is 367 g/mol. The minimum Gasteiger partial charge on any atom is -0.478 e. The van der Waals surface area contributed by atoms with Crippen LogP contribution in [0.3, 0.4) is 0 Å². The minimum absolute atomic E-state index is 0.0201. The molecule has 0 bridgehead atoms. The summed E-state index contributed by atoms with van der Waals surface area (Å²) in [7, 11) is 0. The number of carbonyl (C=O) groups is 1. The summed E-state index contributed by atoms with van der Waals surface area (Å²) >= 11 is 0. The third-order valence-electron chi connectivity index (χ3n) is 4.79. The number of hydrogen-bond acceptors (Lipinski definition) is 5. The van der Waals surface area contributed by atoms with E-state index in [1.54, 1.807) is 6.07 Å². The Morgan fingerprint density at radius 2 is 2.11 bits per heavy atom. The number of aromatic nitrogens is 2. The molecule has 140 valence electrons. The first kappa shape index (κ1) is 17.3. The molecule has 0 unspecified atom stereocenters. The molecule has 0 saturated carbocycles. The molecule has 3 heterocycles. The van der Waals surface area contributed by atoms with Gasteiger partial charge < -0.3 is 14.1 Å². The van der Waals surface area contributed by atoms with Crippen LogP contribution in [0.25, 0.3) is 11.1 Å². The Kier molecular flexibility index (Phi) is 4.66. The number of fused-ring (bicyclic) bond motifs is 2. The molecule has 0 spiro atoms. The predicted octanol–water partition coefficient (Wildman–Crippen LogP) is 2.36. The number of ether oxygens (including phenoxy) is 1. The van der Waals surface area contributed by atoms with E-state index in [-0.39, 0.29) is 12.3 Å². The van der Waals surface area contributed by atoms with Gasteiger partial charge in [-0.1, -0.05) is 18.2 Å². The van der Waals surface area contributed by atoms with Gasteiger partial charge in [0.2, 0.25) is 11.8 Å². The third-order valence-corrected chi connectivity index (χ3v) is 4.79. The molecule has 0 fully saturated rings. The van der Waals surface area contributed by atoms with Crippen molar-refractivity contribution in [2.75, 3.05) is 13.2 Å². The van der Waals surface area contributed by atoms with Crippen molar-refractivity contribution < 1.29 is 13.9 Å². The van der Waals surface area contributed by atoms with Crippen LogP contribution in [0.15, 0.2) is 45.6 Å². The van der Waals surface area contributed by atoms with E-state index in [1.807, 2.05) is 42.2 Å². The van der Waals surface area contributed by atoms with Gasteiger partial charge in [0.05, 0.1) is 17.8 Å². The molecule has 27 heavy (non-hydrogen) atoms. The molecule has 0 saturated heterocycles. The Labute approximate surface area is 156 Å². The van der Waals surface area contributed by atoms with Crippen LogP contribution in [0.2, 0.25) is 0 Å². The third kappa shape index (κ3) is 3.45. The first-order valence-corrected chi connectivity index (χ1v) is 9.13. The number of rotatable bonds is 5. The summed E-state index contributed by atoms with van der Waals surface area (Å²) in [6.07, 6.45) is 0.958. The summed E-state index contributed by atoms with van der Waals surface area (Å²) in [4.78, 5) is 31.0. The highest BCUT2D eigenvalue weighted by molar-refractivity contribution is 5.77. The maximum atomic E-state index is 12.7. The Morgan fingerprint density at radius 1 is 1.26 bits per heavy atom. The lowest BCUT2D eigenvalue weighted by atomic mass is 10.1. The van der Waals surface area contributed by atoms with Crippen molar-refractivity contribution >= 4 is 17.0 Å². The summed E-state index contributed by atoms with van der Waals surface area (Å²) < 4.78 is 12.2. The van der Waals surface area contributed by atoms with E-state index in [4.69, 9.17) is 9.15 Å². The van der Waals surface area contributed by atoms with Gasteiger partial charge in [0, 0.05) is 38.5 Å². The van der Waals surface area contributed by atoms with E-state index in [9.17, 15) is 9.59 Å². The van der Waals surface area contributed by atoms with Crippen LogP contribution < -0.4 is 10.5 Å². The molecule has 0 aliphatic carbocycles. The predicted molar refractivity (Wildman–Crippen MR) is 99.6 cm³/mol. The second kappa shape index (κ2) is 7.26. The summed E-state index contributed by atoms with van der Waals surface area (Å²) in [5.74, 6) is 0.217. The van der Waals surface area contributed by atoms with Crippen molar-refractivity contribution in [2.24, 2.45) is 0 Å². The van der Waals surface area contributed by atoms with Crippen LogP contribution in [0.4, 0.5) is 0 Å². The van der Waals surface area contributed by atoms with Crippen LogP contribution in [0.1, 0.15) is 24.6 Å². The molecular formula is C20H21N3O4. The van der Waals surface area contributed by atoms with Crippen molar-refractivity contribution in [3.8, 4) is 5.88 Å². The lowest BCUT2D eigenvalue weighted by Crippen LogP contribution is -2.37. The fraction of sp³-hybridized carbons (Fsp3) is 0.350. The molecule has 1 aliphatic rings. The number of hydrogen-bond donors (Lipinski definition) is 0. The molecule has 7 heteroatoms. The molecular weight excluding hydrogens is 346 g/mol. The minimum atomic E-state index is -0.430. The van der Waals surface area contributed by atoms with E-state index >= 15 is 0 Å². The van der Waals surface area contributed by atoms with Gasteiger partial charge in [-0.05, 0) is 24.6 Å². The Balaban J connectivity index is 1.43. The van der Waals surface area contributed by atoms with Crippen molar-refractivity contribution in [1.29, 1.82) is 0 Å². The highest BCUT2D eigenvalue weighted by Gasteiger charge is 2.22. The fourth-order valence-corrected chi connectivity index (χ4v) is 3.43. The molecule has 1 aliphatic heterocycles. The molecule has 2 aromatic heterocycles. The van der Waals surface area contributed by atoms with Gasteiger partial charge >= 0.3 is 5.76 Å². The van der Waals surface area contributed by atoms with Crippen LogP contribution in [-0.2, 0) is 24.3 Å². The zero-order valence-electron chi connectivity index (χ0n) is 15.2. The van der Waals surface area contributed by atoms with Gasteiger partial charge in [0.1, 0.15) is 0 Å². The van der Waals surface area contributed by atoms with Gasteiger partial charge in [-0.25, -0.2) is 9.78 Å². The van der Waals surface area contributed by atoms with Crippen LogP contribution in [-0.4, -0.2) is 33.5 Å². The van der Waals surface area contributed by atoms with E-state index in [2.05, 4.69) is 4.98 Å². The van der Waals surface area contributed by atoms with Gasteiger partial charge in [0.15, 0.2) is 5.58 Å². The largest absolute Gasteiger partial charge is 0.478 e. The quantitative estimate of drug-likeness (QED) is 0.692. The normalized spacial score (nSPS) is 13.6. The molecule has 3 aromatic rings. The number of nitrogens with zero attached hydrogens (tertiary/aromatic N) is 3. The standard InChI is InChI=1S/C20H21N3O4/c1-2-26-18-8-7-14-13-22(11-9-15(14)21-18)19(24)10-12-23-16-5-3-4-6-17(16)27-20(23)25/h3-8H,2,9-13H2,1H3. The average Bonchev–Trinajstić information content (AvgIpc) is 3.01. The van der Waals surface area contributed by atoms with Gasteiger partial charge in [-0.2, -0.15) is 0 Å². The number of benzene rings is 1. The van der Waals surface area contributed by atoms with E-state index < -0.39 is 5.76 Å². The fourth-order valence-electron chi connectivity index (χ4n) is 3.43. The topological polar surface area (TPSA) is 77.6 Å². The number of carbonyl (C=O) groups excluding carboxylic acids is 1. The van der Waals surface area contributed by atoms with Crippen LogP contribution in [0, 0.1) is 0 Å². The zero-order chi connectivity index (χ0) is 18.8. The van der Waals surface area contributed by atoms with Crippen LogP contribution in [0.5, 0.6) is 5.88 Å². The number of oxazole rings is 1. The van der Waals surface area contributed by atoms with E-state index in [0.717, 1.165) is 11.3 Å². The Bertz CT molecular complexity index is 1040. The molecule has 0 N–H and O–H groups in total. The lowest BCUT2D eigenvalue weighted by Gasteiger charge is -2.28. The maximum absolute atomic E-state index is 12.7. The smallest absolute Gasteiger partial charge is 0.419 e. The van der Waals surface area contributed by atoms with Crippen molar-refractivity contribution in [2.45, 2.75) is 32.9 Å². The summed E-state index contributed by atoms with van der Waals surface area (Å²) in [6, 6.07) is 11.1. The van der Waals surface area contributed by atoms with Crippen molar-refractivity contribution in [3.63, 3.8) is 0 Å². The van der Waals surface area contributed by atoms with E-state index in [0.29, 0.717) is 49.6 Å². The SMILES string of the molecule is CCOc1ccc2c(n1)CCN(C(=O)CCn1c(=O)oc3ccccc31)C2. The van der Waals surface area contributed by atoms with E-state index in [1.165, 1.54) is 4.57 Å². The number of pyridine rings is 1. The molecule has 0 atom stereocenters. The second-order valence-corrected chi connectivity index (χ2v) is 6.49.